The molecule has 0 radical (unpaired) electrons. The molecule has 31 heavy (non-hydrogen) atoms. The summed E-state index contributed by atoms with van der Waals surface area (Å²) >= 11 is 0. The Morgan fingerprint density at radius 2 is 1.74 bits per heavy atom. The van der Waals surface area contributed by atoms with Crippen molar-refractivity contribution in [2.75, 3.05) is 26.2 Å². The van der Waals surface area contributed by atoms with Crippen LogP contribution in [0.25, 0.3) is 6.08 Å². The molecule has 4 atom stereocenters. The fourth-order valence-electron chi connectivity index (χ4n) is 4.78. The summed E-state index contributed by atoms with van der Waals surface area (Å²) in [6.07, 6.45) is 3.69. The first-order chi connectivity index (χ1) is 15.0. The third kappa shape index (κ3) is 2.82. The minimum Gasteiger partial charge on any atom is -0.497 e. The Balaban J connectivity index is 2.02. The van der Waals surface area contributed by atoms with Crippen LogP contribution in [-0.4, -0.2) is 39.4 Å². The number of para-hydroxylation sites is 1. The number of fused-ring (bicyclic) bond motifs is 3. The monoisotopic (exact) mass is 415 g/mol. The molecule has 4 rings (SSSR count). The van der Waals surface area contributed by atoms with E-state index in [-0.39, 0.29) is 0 Å². The summed E-state index contributed by atoms with van der Waals surface area (Å²) in [7, 11) is 4.30. The second-order valence-corrected chi connectivity index (χ2v) is 7.44. The molecule has 0 aromatic heterocycles. The molecule has 2 heterocycles. The Kier molecular flexibility index (Phi) is 5.04. The molecule has 1 saturated heterocycles. The maximum absolute atomic E-state index is 13.2. The lowest BCUT2D eigenvalue weighted by Gasteiger charge is -2.35. The Bertz CT molecular complexity index is 1120. The van der Waals surface area contributed by atoms with E-state index in [0.717, 1.165) is 11.3 Å². The molecular weight excluding hydrogens is 394 g/mol. The number of benzene rings is 2. The molecule has 1 unspecified atom stereocenters. The molecule has 2 aliphatic rings. The average Bonchev–Trinajstić information content (AvgIpc) is 3.13. The van der Waals surface area contributed by atoms with Crippen LogP contribution in [-0.2, 0) is 9.53 Å². The minimum atomic E-state index is -1.64. The molecule has 0 saturated carbocycles. The zero-order valence-electron chi connectivity index (χ0n) is 17.4. The Labute approximate surface area is 180 Å². The number of methoxy groups -OCH3 is 3. The van der Waals surface area contributed by atoms with Gasteiger partial charge in [-0.25, -0.2) is 0 Å². The van der Waals surface area contributed by atoms with Crippen LogP contribution in [0.3, 0.4) is 0 Å². The van der Waals surface area contributed by atoms with Gasteiger partial charge < -0.3 is 19.1 Å². The fraction of sp³-hybridized carbons (Fsp3) is 0.292. The van der Waals surface area contributed by atoms with Crippen molar-refractivity contribution in [2.45, 2.75) is 18.0 Å². The van der Waals surface area contributed by atoms with E-state index in [0.29, 0.717) is 17.1 Å². The van der Waals surface area contributed by atoms with Crippen molar-refractivity contribution in [3.63, 3.8) is 0 Å². The lowest BCUT2D eigenvalue weighted by atomic mass is 9.69. The van der Waals surface area contributed by atoms with Gasteiger partial charge in [-0.15, -0.1) is 0 Å². The summed E-state index contributed by atoms with van der Waals surface area (Å²) in [5.74, 6) is -0.481. The van der Waals surface area contributed by atoms with Crippen LogP contribution in [0, 0.1) is 28.1 Å². The van der Waals surface area contributed by atoms with Crippen molar-refractivity contribution in [1.82, 2.24) is 0 Å². The molecule has 0 aliphatic carbocycles. The van der Waals surface area contributed by atoms with Gasteiger partial charge in [0.1, 0.15) is 17.5 Å². The van der Waals surface area contributed by atoms with Crippen molar-refractivity contribution >= 4 is 17.7 Å². The lowest BCUT2D eigenvalue weighted by molar-refractivity contribution is -0.150. The van der Waals surface area contributed by atoms with Crippen molar-refractivity contribution in [3.05, 3.63) is 59.7 Å². The van der Waals surface area contributed by atoms with Gasteiger partial charge in [-0.2, -0.15) is 10.5 Å². The molecule has 7 nitrogen and oxygen atoms in total. The predicted molar refractivity (Wildman–Crippen MR) is 113 cm³/mol. The van der Waals surface area contributed by atoms with Crippen LogP contribution in [0.5, 0.6) is 11.5 Å². The van der Waals surface area contributed by atoms with Crippen LogP contribution in [0.1, 0.15) is 17.0 Å². The summed E-state index contributed by atoms with van der Waals surface area (Å²) in [4.78, 5) is 15.1. The van der Waals surface area contributed by atoms with E-state index in [1.165, 1.54) is 21.3 Å². The van der Waals surface area contributed by atoms with Gasteiger partial charge in [-0.1, -0.05) is 30.4 Å². The van der Waals surface area contributed by atoms with Crippen LogP contribution in [0.4, 0.5) is 5.69 Å². The largest absolute Gasteiger partial charge is 0.497 e. The SMILES string of the molecule is COC(=O)[C@@]1(C#N)C(c2cc(OC)cc(OC)c2)[C@@H](C#N)N2c3ccccc3C=C[C@@H]21. The van der Waals surface area contributed by atoms with Gasteiger partial charge in [0.05, 0.1) is 39.5 Å². The van der Waals surface area contributed by atoms with Crippen LogP contribution < -0.4 is 14.4 Å². The Hall–Kier alpha value is -3.97. The number of hydrogen-bond acceptors (Lipinski definition) is 7. The zero-order valence-corrected chi connectivity index (χ0v) is 17.4. The molecule has 0 bridgehead atoms. The normalized spacial score (nSPS) is 25.6. The first-order valence-electron chi connectivity index (χ1n) is 9.73. The van der Waals surface area contributed by atoms with E-state index >= 15 is 0 Å². The first kappa shape index (κ1) is 20.3. The number of rotatable bonds is 4. The number of nitriles is 2. The molecule has 2 aromatic rings. The molecule has 156 valence electrons. The average molecular weight is 415 g/mol. The summed E-state index contributed by atoms with van der Waals surface area (Å²) in [6, 6.07) is 15.9. The van der Waals surface area contributed by atoms with Crippen LogP contribution >= 0.6 is 0 Å². The summed E-state index contributed by atoms with van der Waals surface area (Å²) < 4.78 is 15.9. The fourth-order valence-corrected chi connectivity index (χ4v) is 4.78. The van der Waals surface area contributed by atoms with E-state index in [1.54, 1.807) is 18.2 Å². The van der Waals surface area contributed by atoms with Crippen LogP contribution in [0.2, 0.25) is 0 Å². The molecule has 0 amide bonds. The maximum Gasteiger partial charge on any atom is 0.329 e. The van der Waals surface area contributed by atoms with Crippen LogP contribution in [0.15, 0.2) is 48.5 Å². The lowest BCUT2D eigenvalue weighted by Crippen LogP contribution is -2.46. The van der Waals surface area contributed by atoms with Gasteiger partial charge in [0, 0.05) is 17.7 Å². The number of hydrogen-bond donors (Lipinski definition) is 0. The minimum absolute atomic E-state index is 0.503. The molecule has 0 N–H and O–H groups in total. The van der Waals surface area contributed by atoms with Gasteiger partial charge in [0.15, 0.2) is 5.41 Å². The quantitative estimate of drug-likeness (QED) is 0.707. The van der Waals surface area contributed by atoms with E-state index in [1.807, 2.05) is 41.3 Å². The number of carbonyl (C=O) groups is 1. The number of ether oxygens (including phenoxy) is 3. The standard InChI is InChI=1S/C24H21N3O4/c1-29-17-10-16(11-18(12-17)30-2)22-20(13-25)27-19-7-5-4-6-15(19)8-9-21(27)24(22,14-26)23(28)31-3/h4-12,20-22H,1-3H3/t20-,21-,22?,24-/m1/s1. The summed E-state index contributed by atoms with van der Waals surface area (Å²) in [6.45, 7) is 0. The third-order valence-electron chi connectivity index (χ3n) is 6.12. The topological polar surface area (TPSA) is 95.6 Å². The van der Waals surface area contributed by atoms with Gasteiger partial charge in [-0.3, -0.25) is 4.79 Å². The summed E-state index contributed by atoms with van der Waals surface area (Å²) in [5, 5.41) is 20.7. The zero-order chi connectivity index (χ0) is 22.2. The van der Waals surface area contributed by atoms with E-state index < -0.39 is 29.4 Å². The van der Waals surface area contributed by atoms with Crippen molar-refractivity contribution < 1.29 is 19.0 Å². The number of carbonyl (C=O) groups excluding carboxylic acids is 1. The first-order valence-corrected chi connectivity index (χ1v) is 9.73. The van der Waals surface area contributed by atoms with Gasteiger partial charge in [0.2, 0.25) is 0 Å². The highest BCUT2D eigenvalue weighted by Gasteiger charge is 2.66. The highest BCUT2D eigenvalue weighted by Crippen LogP contribution is 2.56. The second kappa shape index (κ2) is 7.70. The van der Waals surface area contributed by atoms with Crippen molar-refractivity contribution in [1.29, 1.82) is 10.5 Å². The Morgan fingerprint density at radius 3 is 2.32 bits per heavy atom. The molecular formula is C24H21N3O4. The molecule has 7 heteroatoms. The van der Waals surface area contributed by atoms with Gasteiger partial charge in [0.25, 0.3) is 0 Å². The summed E-state index contributed by atoms with van der Waals surface area (Å²) in [5.41, 5.74) is 0.660. The predicted octanol–water partition coefficient (Wildman–Crippen LogP) is 3.28. The van der Waals surface area contributed by atoms with Crippen molar-refractivity contribution in [3.8, 4) is 23.6 Å². The second-order valence-electron chi connectivity index (χ2n) is 7.44. The highest BCUT2D eigenvalue weighted by atomic mass is 16.5. The van der Waals surface area contributed by atoms with E-state index in [2.05, 4.69) is 12.1 Å². The Morgan fingerprint density at radius 1 is 1.06 bits per heavy atom. The van der Waals surface area contributed by atoms with Crippen molar-refractivity contribution in [2.24, 2.45) is 5.41 Å². The number of anilines is 1. The molecule has 0 spiro atoms. The van der Waals surface area contributed by atoms with E-state index in [4.69, 9.17) is 14.2 Å². The number of nitrogens with zero attached hydrogens (tertiary/aromatic N) is 3. The maximum atomic E-state index is 13.2. The molecule has 2 aliphatic heterocycles. The smallest absolute Gasteiger partial charge is 0.329 e. The third-order valence-corrected chi connectivity index (χ3v) is 6.12. The molecule has 2 aromatic carbocycles. The van der Waals surface area contributed by atoms with E-state index in [9.17, 15) is 15.3 Å². The van der Waals surface area contributed by atoms with Gasteiger partial charge in [-0.05, 0) is 29.3 Å². The molecule has 1 fully saturated rings. The number of esters is 1. The van der Waals surface area contributed by atoms with Gasteiger partial charge >= 0.3 is 5.97 Å². The highest BCUT2D eigenvalue weighted by molar-refractivity contribution is 5.89.